The van der Waals surface area contributed by atoms with Gasteiger partial charge in [-0.1, -0.05) is 24.6 Å². The Labute approximate surface area is 122 Å². The third-order valence-corrected chi connectivity index (χ3v) is 5.22. The number of aliphatic hydroxyl groups excluding tert-OH is 1. The molecule has 1 fully saturated rings. The topological polar surface area (TPSA) is 72.0 Å². The Morgan fingerprint density at radius 3 is 3.05 bits per heavy atom. The number of nitrogens with two attached hydrogens (primary N) is 1. The average Bonchev–Trinajstić information content (AvgIpc) is 2.48. The molecule has 4 nitrogen and oxygen atoms in total. The predicted molar refractivity (Wildman–Crippen MR) is 81.7 cm³/mol. The Hall–Kier alpha value is -1.17. The van der Waals surface area contributed by atoms with Gasteiger partial charge in [-0.15, -0.1) is 11.8 Å². The second-order valence-corrected chi connectivity index (χ2v) is 6.84. The number of benzene rings is 1. The van der Waals surface area contributed by atoms with Gasteiger partial charge in [0, 0.05) is 16.2 Å². The number of thioether (sulfide) groups is 1. The van der Waals surface area contributed by atoms with Crippen LogP contribution in [0.5, 0.6) is 0 Å². The fraction of sp³-hybridized carbons (Fsp3) is 0.467. The molecule has 2 unspecified atom stereocenters. The number of rotatable bonds is 3. The van der Waals surface area contributed by atoms with Crippen molar-refractivity contribution >= 4 is 22.7 Å². The number of aliphatic hydroxyl groups is 1. The number of hydrogen-bond acceptors (Lipinski definition) is 5. The summed E-state index contributed by atoms with van der Waals surface area (Å²) in [6.07, 6.45) is 5.56. The van der Waals surface area contributed by atoms with Gasteiger partial charge < -0.3 is 10.8 Å². The molecule has 0 amide bonds. The molecule has 0 radical (unpaired) electrons. The lowest BCUT2D eigenvalue weighted by molar-refractivity contribution is 0.159. The van der Waals surface area contributed by atoms with Gasteiger partial charge in [-0.25, -0.2) is 9.97 Å². The standard InChI is InChI=1S/C15H19N3OS/c16-15(9-19)7-3-4-11(8-15)20-14-12-5-1-2-6-13(12)17-10-18-14/h1-2,5-6,10-11,19H,3-4,7-9,16H2. The molecule has 3 rings (SSSR count). The third-order valence-electron chi connectivity index (χ3n) is 3.93. The van der Waals surface area contributed by atoms with E-state index in [9.17, 15) is 5.11 Å². The van der Waals surface area contributed by atoms with Gasteiger partial charge in [0.05, 0.1) is 12.1 Å². The summed E-state index contributed by atoms with van der Waals surface area (Å²) in [5, 5.41) is 12.0. The van der Waals surface area contributed by atoms with E-state index in [1.165, 1.54) is 0 Å². The molecule has 1 aliphatic carbocycles. The minimum Gasteiger partial charge on any atom is -0.394 e. The van der Waals surface area contributed by atoms with Crippen molar-refractivity contribution in [3.05, 3.63) is 30.6 Å². The van der Waals surface area contributed by atoms with Crippen molar-refractivity contribution in [2.75, 3.05) is 6.61 Å². The summed E-state index contributed by atoms with van der Waals surface area (Å²) < 4.78 is 0. The van der Waals surface area contributed by atoms with Crippen LogP contribution in [-0.2, 0) is 0 Å². The predicted octanol–water partition coefficient (Wildman–Crippen LogP) is 2.35. The van der Waals surface area contributed by atoms with E-state index in [-0.39, 0.29) is 6.61 Å². The van der Waals surface area contributed by atoms with Crippen molar-refractivity contribution in [2.45, 2.75) is 41.5 Å². The van der Waals surface area contributed by atoms with Crippen LogP contribution in [0.25, 0.3) is 10.9 Å². The SMILES string of the molecule is NC1(CO)CCCC(Sc2ncnc3ccccc23)C1. The zero-order valence-electron chi connectivity index (χ0n) is 11.3. The minimum atomic E-state index is -0.418. The molecule has 2 atom stereocenters. The van der Waals surface area contributed by atoms with Crippen LogP contribution in [0.15, 0.2) is 35.6 Å². The van der Waals surface area contributed by atoms with Gasteiger partial charge in [-0.2, -0.15) is 0 Å². The van der Waals surface area contributed by atoms with Gasteiger partial charge >= 0.3 is 0 Å². The van der Waals surface area contributed by atoms with Crippen LogP contribution in [0.1, 0.15) is 25.7 Å². The van der Waals surface area contributed by atoms with E-state index in [1.807, 2.05) is 18.2 Å². The monoisotopic (exact) mass is 289 g/mol. The van der Waals surface area contributed by atoms with Crippen molar-refractivity contribution in [2.24, 2.45) is 5.73 Å². The third kappa shape index (κ3) is 2.80. The Kier molecular flexibility index (Phi) is 3.92. The summed E-state index contributed by atoms with van der Waals surface area (Å²) in [6.45, 7) is 0.0641. The smallest absolute Gasteiger partial charge is 0.117 e. The lowest BCUT2D eigenvalue weighted by Crippen LogP contribution is -2.48. The molecule has 0 aliphatic heterocycles. The number of nitrogens with zero attached hydrogens (tertiary/aromatic N) is 2. The van der Waals surface area contributed by atoms with Crippen LogP contribution in [0, 0.1) is 0 Å². The summed E-state index contributed by atoms with van der Waals surface area (Å²) in [5.41, 5.74) is 6.78. The first kappa shape index (κ1) is 13.8. The molecule has 1 aromatic carbocycles. The van der Waals surface area contributed by atoms with Gasteiger partial charge in [0.2, 0.25) is 0 Å². The summed E-state index contributed by atoms with van der Waals surface area (Å²) >= 11 is 1.77. The molecular formula is C15H19N3OS. The van der Waals surface area contributed by atoms with Crippen LogP contribution in [-0.4, -0.2) is 32.5 Å². The minimum absolute atomic E-state index is 0.0641. The Morgan fingerprint density at radius 2 is 2.20 bits per heavy atom. The number of para-hydroxylation sites is 1. The van der Waals surface area contributed by atoms with Crippen LogP contribution in [0.4, 0.5) is 0 Å². The van der Waals surface area contributed by atoms with Gasteiger partial charge in [0.1, 0.15) is 11.4 Å². The van der Waals surface area contributed by atoms with Gasteiger partial charge in [-0.3, -0.25) is 0 Å². The lowest BCUT2D eigenvalue weighted by atomic mass is 9.83. The second-order valence-electron chi connectivity index (χ2n) is 5.55. The maximum absolute atomic E-state index is 9.45. The number of hydrogen-bond donors (Lipinski definition) is 2. The van der Waals surface area contributed by atoms with E-state index in [1.54, 1.807) is 18.1 Å². The van der Waals surface area contributed by atoms with Crippen LogP contribution in [0.3, 0.4) is 0 Å². The van der Waals surface area contributed by atoms with E-state index >= 15 is 0 Å². The first-order chi connectivity index (χ1) is 9.70. The van der Waals surface area contributed by atoms with Gasteiger partial charge in [-0.05, 0) is 25.3 Å². The summed E-state index contributed by atoms with van der Waals surface area (Å²) in [6, 6.07) is 8.06. The molecule has 1 saturated carbocycles. The molecule has 20 heavy (non-hydrogen) atoms. The molecule has 5 heteroatoms. The number of aromatic nitrogens is 2. The highest BCUT2D eigenvalue weighted by Gasteiger charge is 2.33. The molecule has 0 spiro atoms. The van der Waals surface area contributed by atoms with Crippen molar-refractivity contribution in [1.29, 1.82) is 0 Å². The van der Waals surface area contributed by atoms with Gasteiger partial charge in [0.15, 0.2) is 0 Å². The van der Waals surface area contributed by atoms with E-state index < -0.39 is 5.54 Å². The molecular weight excluding hydrogens is 270 g/mol. The quantitative estimate of drug-likeness (QED) is 0.849. The summed E-state index contributed by atoms with van der Waals surface area (Å²) in [7, 11) is 0. The van der Waals surface area contributed by atoms with Crippen LogP contribution in [0.2, 0.25) is 0 Å². The van der Waals surface area contributed by atoms with Gasteiger partial charge in [0.25, 0.3) is 0 Å². The molecule has 2 aromatic rings. The largest absolute Gasteiger partial charge is 0.394 e. The molecule has 0 bridgehead atoms. The Balaban J connectivity index is 1.83. The highest BCUT2D eigenvalue weighted by Crippen LogP contribution is 2.38. The van der Waals surface area contributed by atoms with Crippen LogP contribution >= 0.6 is 11.8 Å². The van der Waals surface area contributed by atoms with E-state index in [4.69, 9.17) is 5.73 Å². The Morgan fingerprint density at radius 1 is 1.35 bits per heavy atom. The zero-order chi connectivity index (χ0) is 14.0. The number of fused-ring (bicyclic) bond motifs is 1. The highest BCUT2D eigenvalue weighted by atomic mass is 32.2. The molecule has 3 N–H and O–H groups in total. The first-order valence-electron chi connectivity index (χ1n) is 6.96. The van der Waals surface area contributed by atoms with Crippen molar-refractivity contribution in [3.8, 4) is 0 Å². The molecule has 106 valence electrons. The Bertz CT molecular complexity index is 601. The first-order valence-corrected chi connectivity index (χ1v) is 7.84. The second kappa shape index (κ2) is 5.68. The highest BCUT2D eigenvalue weighted by molar-refractivity contribution is 8.00. The maximum Gasteiger partial charge on any atom is 0.117 e. The maximum atomic E-state index is 9.45. The molecule has 0 saturated heterocycles. The van der Waals surface area contributed by atoms with Crippen molar-refractivity contribution < 1.29 is 5.11 Å². The normalized spacial score (nSPS) is 26.8. The van der Waals surface area contributed by atoms with Crippen molar-refractivity contribution in [1.82, 2.24) is 9.97 Å². The van der Waals surface area contributed by atoms with E-state index in [0.29, 0.717) is 5.25 Å². The summed E-state index contributed by atoms with van der Waals surface area (Å²) in [4.78, 5) is 8.71. The molecule has 1 heterocycles. The molecule has 1 aromatic heterocycles. The fourth-order valence-corrected chi connectivity index (χ4v) is 4.24. The van der Waals surface area contributed by atoms with Crippen molar-refractivity contribution in [3.63, 3.8) is 0 Å². The average molecular weight is 289 g/mol. The zero-order valence-corrected chi connectivity index (χ0v) is 12.1. The lowest BCUT2D eigenvalue weighted by Gasteiger charge is -2.36. The van der Waals surface area contributed by atoms with E-state index in [0.717, 1.165) is 41.6 Å². The summed E-state index contributed by atoms with van der Waals surface area (Å²) in [5.74, 6) is 0. The van der Waals surface area contributed by atoms with Crippen LogP contribution < -0.4 is 5.73 Å². The molecule has 1 aliphatic rings. The fourth-order valence-electron chi connectivity index (χ4n) is 2.82. The van der Waals surface area contributed by atoms with E-state index in [2.05, 4.69) is 16.0 Å².